The average molecular weight is 297 g/mol. The molecule has 1 rings (SSSR count). The molecule has 0 fully saturated rings. The van der Waals surface area contributed by atoms with Crippen LogP contribution in [0.5, 0.6) is 5.75 Å². The maximum absolute atomic E-state index is 12.5. The van der Waals surface area contributed by atoms with E-state index in [0.717, 1.165) is 4.98 Å². The Kier molecular flexibility index (Phi) is 3.77. The van der Waals surface area contributed by atoms with E-state index in [1.165, 1.54) is 0 Å². The number of hydrogen-bond donors (Lipinski definition) is 1. The van der Waals surface area contributed by atoms with Gasteiger partial charge in [0.2, 0.25) is 0 Å². The molecule has 0 saturated heterocycles. The molecule has 0 radical (unpaired) electrons. The Morgan fingerprint density at radius 2 is 1.63 bits per heavy atom. The second-order valence-corrected chi connectivity index (χ2v) is 3.13. The fourth-order valence-corrected chi connectivity index (χ4v) is 1.20. The smallest absolute Gasteiger partial charge is 0.405 e. The van der Waals surface area contributed by atoms with Crippen LogP contribution in [0.1, 0.15) is 17.7 Å². The van der Waals surface area contributed by atoms with Gasteiger partial charge in [0, 0.05) is 6.07 Å². The highest BCUT2D eigenvalue weighted by Crippen LogP contribution is 2.40. The van der Waals surface area contributed by atoms with Gasteiger partial charge in [0.25, 0.3) is 12.0 Å². The number of halogens is 8. The van der Waals surface area contributed by atoms with Crippen molar-refractivity contribution in [3.8, 4) is 5.75 Å². The Morgan fingerprint density at radius 1 is 1.11 bits per heavy atom. The Labute approximate surface area is 98.3 Å². The zero-order chi connectivity index (χ0) is 15.0. The molecule has 0 aliphatic heterocycles. The first-order chi connectivity index (χ1) is 8.42. The van der Waals surface area contributed by atoms with Gasteiger partial charge in [-0.1, -0.05) is 0 Å². The van der Waals surface area contributed by atoms with Crippen LogP contribution in [0.2, 0.25) is 0 Å². The van der Waals surface area contributed by atoms with Gasteiger partial charge in [-0.15, -0.1) is 13.2 Å². The summed E-state index contributed by atoms with van der Waals surface area (Å²) in [6, 6.07) is -0.135. The van der Waals surface area contributed by atoms with Crippen LogP contribution in [0.3, 0.4) is 0 Å². The van der Waals surface area contributed by atoms with Gasteiger partial charge in [-0.2, -0.15) is 13.2 Å². The summed E-state index contributed by atoms with van der Waals surface area (Å²) in [4.78, 5) is 11.8. The predicted octanol–water partition coefficient (Wildman–Crippen LogP) is 3.23. The molecule has 0 atom stereocenters. The van der Waals surface area contributed by atoms with Gasteiger partial charge in [-0.05, 0) is 0 Å². The average Bonchev–Trinajstić information content (AvgIpc) is 2.11. The van der Waals surface area contributed by atoms with Crippen molar-refractivity contribution in [2.45, 2.75) is 19.0 Å². The Bertz CT molecular complexity index is 515. The minimum Gasteiger partial charge on any atom is -0.405 e. The van der Waals surface area contributed by atoms with Gasteiger partial charge < -0.3 is 9.72 Å². The number of ether oxygens (including phenoxy) is 1. The van der Waals surface area contributed by atoms with Crippen LogP contribution in [0, 0.1) is 0 Å². The molecule has 0 aliphatic carbocycles. The molecule has 1 aromatic rings. The lowest BCUT2D eigenvalue weighted by atomic mass is 10.1. The summed E-state index contributed by atoms with van der Waals surface area (Å²) >= 11 is 0. The summed E-state index contributed by atoms with van der Waals surface area (Å²) in [6.45, 7) is 0. The van der Waals surface area contributed by atoms with Crippen LogP contribution in [0.4, 0.5) is 35.1 Å². The standard InChI is InChI=1S/C8H3F8NO2/c9-6(10)4-2(19-8(14,15)16)1-3(18)17-5(4)7(11,12)13/h1,6H,(H,17,18). The van der Waals surface area contributed by atoms with E-state index in [4.69, 9.17) is 0 Å². The van der Waals surface area contributed by atoms with Crippen LogP contribution in [0.25, 0.3) is 0 Å². The largest absolute Gasteiger partial charge is 0.573 e. The van der Waals surface area contributed by atoms with Gasteiger partial charge in [-0.25, -0.2) is 8.78 Å². The predicted molar refractivity (Wildman–Crippen MR) is 43.7 cm³/mol. The third kappa shape index (κ3) is 3.83. The first-order valence-electron chi connectivity index (χ1n) is 4.30. The Balaban J connectivity index is 3.54. The number of nitrogens with one attached hydrogen (secondary N) is 1. The van der Waals surface area contributed by atoms with Crippen LogP contribution in [-0.4, -0.2) is 11.3 Å². The SMILES string of the molecule is O=c1cc(OC(F)(F)F)c(C(F)F)c(C(F)(F)F)[nH]1. The molecular formula is C8H3F8NO2. The van der Waals surface area contributed by atoms with E-state index in [9.17, 15) is 39.9 Å². The highest BCUT2D eigenvalue weighted by Gasteiger charge is 2.41. The van der Waals surface area contributed by atoms with Crippen molar-refractivity contribution < 1.29 is 39.9 Å². The molecule has 0 aliphatic rings. The van der Waals surface area contributed by atoms with Crippen molar-refractivity contribution in [1.29, 1.82) is 0 Å². The number of pyridine rings is 1. The zero-order valence-electron chi connectivity index (χ0n) is 8.49. The maximum Gasteiger partial charge on any atom is 0.573 e. The van der Waals surface area contributed by atoms with E-state index in [2.05, 4.69) is 4.74 Å². The molecule has 1 N–H and O–H groups in total. The van der Waals surface area contributed by atoms with E-state index in [0.29, 0.717) is 0 Å². The van der Waals surface area contributed by atoms with E-state index in [1.807, 2.05) is 0 Å². The van der Waals surface area contributed by atoms with Crippen LogP contribution >= 0.6 is 0 Å². The van der Waals surface area contributed by atoms with Crippen molar-refractivity contribution in [3.05, 3.63) is 27.7 Å². The zero-order valence-corrected chi connectivity index (χ0v) is 8.49. The van der Waals surface area contributed by atoms with E-state index >= 15 is 0 Å². The molecule has 1 heterocycles. The van der Waals surface area contributed by atoms with Gasteiger partial charge in [0.05, 0.1) is 5.56 Å². The number of rotatable bonds is 2. The summed E-state index contributed by atoms with van der Waals surface area (Å²) in [5.41, 5.74) is -6.02. The van der Waals surface area contributed by atoms with Gasteiger partial charge in [0.15, 0.2) is 0 Å². The van der Waals surface area contributed by atoms with Crippen molar-refractivity contribution in [2.75, 3.05) is 0 Å². The van der Waals surface area contributed by atoms with E-state index in [1.54, 1.807) is 0 Å². The molecule has 19 heavy (non-hydrogen) atoms. The molecule has 0 unspecified atom stereocenters. The molecule has 0 aromatic carbocycles. The van der Waals surface area contributed by atoms with Crippen LogP contribution in [0.15, 0.2) is 10.9 Å². The molecular weight excluding hydrogens is 294 g/mol. The Hall–Kier alpha value is -1.81. The minimum absolute atomic E-state index is 0.135. The lowest BCUT2D eigenvalue weighted by molar-refractivity contribution is -0.275. The van der Waals surface area contributed by atoms with Crippen LogP contribution in [-0.2, 0) is 6.18 Å². The third-order valence-corrected chi connectivity index (χ3v) is 1.77. The minimum atomic E-state index is -5.51. The number of H-pyrrole nitrogens is 1. The van der Waals surface area contributed by atoms with Crippen LogP contribution < -0.4 is 10.3 Å². The molecule has 1 aromatic heterocycles. The summed E-state index contributed by atoms with van der Waals surface area (Å²) in [7, 11) is 0. The summed E-state index contributed by atoms with van der Waals surface area (Å²) in [5, 5.41) is 0. The second-order valence-electron chi connectivity index (χ2n) is 3.13. The molecule has 108 valence electrons. The number of hydrogen-bond acceptors (Lipinski definition) is 2. The molecule has 0 amide bonds. The number of alkyl halides is 8. The van der Waals surface area contributed by atoms with E-state index in [-0.39, 0.29) is 6.07 Å². The number of aromatic nitrogens is 1. The molecule has 0 bridgehead atoms. The first kappa shape index (κ1) is 15.2. The fraction of sp³-hybridized carbons (Fsp3) is 0.375. The highest BCUT2D eigenvalue weighted by molar-refractivity contribution is 5.38. The van der Waals surface area contributed by atoms with E-state index < -0.39 is 41.5 Å². The van der Waals surface area contributed by atoms with Gasteiger partial charge in [-0.3, -0.25) is 4.79 Å². The van der Waals surface area contributed by atoms with Crippen molar-refractivity contribution >= 4 is 0 Å². The summed E-state index contributed by atoms with van der Waals surface area (Å²) in [5.74, 6) is -1.89. The topological polar surface area (TPSA) is 42.1 Å². The quantitative estimate of drug-likeness (QED) is 0.852. The highest BCUT2D eigenvalue weighted by atomic mass is 19.4. The third-order valence-electron chi connectivity index (χ3n) is 1.77. The number of aromatic amines is 1. The van der Waals surface area contributed by atoms with Gasteiger partial charge >= 0.3 is 12.5 Å². The summed E-state index contributed by atoms with van der Waals surface area (Å²) < 4.78 is 101. The lowest BCUT2D eigenvalue weighted by Crippen LogP contribution is -2.24. The first-order valence-corrected chi connectivity index (χ1v) is 4.30. The van der Waals surface area contributed by atoms with Gasteiger partial charge in [0.1, 0.15) is 11.4 Å². The summed E-state index contributed by atoms with van der Waals surface area (Å²) in [6.07, 6.45) is -14.9. The molecule has 3 nitrogen and oxygen atoms in total. The molecule has 0 spiro atoms. The van der Waals surface area contributed by atoms with Crippen molar-refractivity contribution in [3.63, 3.8) is 0 Å². The monoisotopic (exact) mass is 297 g/mol. The van der Waals surface area contributed by atoms with Crippen molar-refractivity contribution in [2.24, 2.45) is 0 Å². The normalized spacial score (nSPS) is 12.9. The fourth-order valence-electron chi connectivity index (χ4n) is 1.20. The second kappa shape index (κ2) is 4.70. The molecule has 11 heteroatoms. The van der Waals surface area contributed by atoms with Crippen molar-refractivity contribution in [1.82, 2.24) is 4.98 Å². The molecule has 0 saturated carbocycles. The lowest BCUT2D eigenvalue weighted by Gasteiger charge is -2.17. The Morgan fingerprint density at radius 3 is 2.00 bits per heavy atom. The maximum atomic E-state index is 12.5.